The third kappa shape index (κ3) is 3.37. The summed E-state index contributed by atoms with van der Waals surface area (Å²) in [7, 11) is 0. The van der Waals surface area contributed by atoms with Gasteiger partial charge >= 0.3 is 5.97 Å². The minimum absolute atomic E-state index is 0.0467. The van der Waals surface area contributed by atoms with Gasteiger partial charge in [0.2, 0.25) is 5.78 Å². The quantitative estimate of drug-likeness (QED) is 0.369. The number of ketones is 1. The van der Waals surface area contributed by atoms with Gasteiger partial charge in [-0.1, -0.05) is 30.3 Å². The molecule has 7 heteroatoms. The molecule has 30 heavy (non-hydrogen) atoms. The number of anilines is 1. The van der Waals surface area contributed by atoms with Crippen molar-refractivity contribution in [3.05, 3.63) is 101 Å². The smallest absolute Gasteiger partial charge is 0.338 e. The fraction of sp³-hybridized carbons (Fsp3) is 0.0435. The molecular weight excluding hydrogens is 389 g/mol. The molecule has 0 fully saturated rings. The monoisotopic (exact) mass is 403 g/mol. The number of ether oxygens (including phenoxy) is 1. The van der Waals surface area contributed by atoms with Gasteiger partial charge in [0.25, 0.3) is 11.8 Å². The highest BCUT2D eigenvalue weighted by Gasteiger charge is 2.36. The average Bonchev–Trinajstić information content (AvgIpc) is 3.02. The number of imide groups is 1. The first kappa shape index (κ1) is 19.2. The number of Topliss-reactive ketones (excluding diaryl/α,β-unsaturated/α-hetero) is 1. The zero-order chi connectivity index (χ0) is 21.3. The maximum Gasteiger partial charge on any atom is 0.338 e. The number of hydrogen-bond donors (Lipinski definition) is 0. The van der Waals surface area contributed by atoms with E-state index < -0.39 is 36.0 Å². The third-order valence-electron chi connectivity index (χ3n) is 4.64. The summed E-state index contributed by atoms with van der Waals surface area (Å²) in [5.41, 5.74) is 0.642. The average molecular weight is 403 g/mol. The second kappa shape index (κ2) is 7.71. The molecule has 0 saturated carbocycles. The molecule has 0 spiro atoms. The van der Waals surface area contributed by atoms with Crippen LogP contribution in [0.3, 0.4) is 0 Å². The molecule has 0 radical (unpaired) electrons. The maximum absolute atomic E-state index is 13.7. The van der Waals surface area contributed by atoms with Gasteiger partial charge in [0, 0.05) is 0 Å². The lowest BCUT2D eigenvalue weighted by Gasteiger charge is -2.14. The highest BCUT2D eigenvalue weighted by Crippen LogP contribution is 2.28. The Morgan fingerprint density at radius 2 is 1.47 bits per heavy atom. The molecule has 0 N–H and O–H groups in total. The number of carbonyl (C=O) groups is 4. The predicted molar refractivity (Wildman–Crippen MR) is 105 cm³/mol. The number of rotatable bonds is 5. The molecule has 0 aromatic heterocycles. The van der Waals surface area contributed by atoms with Crippen LogP contribution in [0.5, 0.6) is 0 Å². The van der Waals surface area contributed by atoms with Crippen LogP contribution in [0, 0.1) is 5.82 Å². The van der Waals surface area contributed by atoms with E-state index in [0.29, 0.717) is 0 Å². The first-order valence-electron chi connectivity index (χ1n) is 9.00. The molecule has 3 aromatic carbocycles. The van der Waals surface area contributed by atoms with Crippen molar-refractivity contribution in [1.82, 2.24) is 0 Å². The second-order valence-corrected chi connectivity index (χ2v) is 6.52. The van der Waals surface area contributed by atoms with Gasteiger partial charge in [0.05, 0.1) is 27.9 Å². The number of fused-ring (bicyclic) bond motifs is 1. The van der Waals surface area contributed by atoms with E-state index >= 15 is 0 Å². The van der Waals surface area contributed by atoms with Crippen molar-refractivity contribution in [1.29, 1.82) is 0 Å². The first-order chi connectivity index (χ1) is 14.5. The summed E-state index contributed by atoms with van der Waals surface area (Å²) in [6.45, 7) is -0.642. The van der Waals surface area contributed by atoms with Crippen LogP contribution in [0.25, 0.3) is 0 Å². The highest BCUT2D eigenvalue weighted by atomic mass is 19.1. The summed E-state index contributed by atoms with van der Waals surface area (Å²) in [5, 5.41) is 0. The normalized spacial score (nSPS) is 12.6. The Morgan fingerprint density at radius 1 is 0.833 bits per heavy atom. The fourth-order valence-electron chi connectivity index (χ4n) is 3.18. The van der Waals surface area contributed by atoms with E-state index in [0.717, 1.165) is 11.0 Å². The Kier molecular flexibility index (Phi) is 4.93. The van der Waals surface area contributed by atoms with Crippen molar-refractivity contribution < 1.29 is 28.3 Å². The van der Waals surface area contributed by atoms with Crippen LogP contribution < -0.4 is 4.90 Å². The maximum atomic E-state index is 13.7. The Morgan fingerprint density at radius 3 is 2.13 bits per heavy atom. The zero-order valence-corrected chi connectivity index (χ0v) is 15.5. The Hall–Kier alpha value is -4.13. The third-order valence-corrected chi connectivity index (χ3v) is 4.64. The molecule has 1 aliphatic heterocycles. The molecule has 0 bridgehead atoms. The van der Waals surface area contributed by atoms with E-state index in [1.807, 2.05) is 0 Å². The molecule has 2 amide bonds. The first-order valence-corrected chi connectivity index (χ1v) is 9.00. The van der Waals surface area contributed by atoms with Gasteiger partial charge in [-0.05, 0) is 42.5 Å². The lowest BCUT2D eigenvalue weighted by Crippen LogP contribution is -2.29. The molecule has 6 nitrogen and oxygen atoms in total. The number of esters is 1. The van der Waals surface area contributed by atoms with Gasteiger partial charge in [-0.25, -0.2) is 14.1 Å². The van der Waals surface area contributed by atoms with Gasteiger partial charge in [0.15, 0.2) is 6.61 Å². The Balaban J connectivity index is 1.51. The topological polar surface area (TPSA) is 80.8 Å². The number of hydrogen-bond acceptors (Lipinski definition) is 5. The van der Waals surface area contributed by atoms with E-state index in [-0.39, 0.29) is 27.9 Å². The molecule has 3 aromatic rings. The van der Waals surface area contributed by atoms with Crippen LogP contribution in [-0.4, -0.2) is 30.2 Å². The number of halogens is 1. The Labute approximate surface area is 170 Å². The molecule has 148 valence electrons. The van der Waals surface area contributed by atoms with Crippen molar-refractivity contribution >= 4 is 29.3 Å². The largest absolute Gasteiger partial charge is 0.454 e. The highest BCUT2D eigenvalue weighted by molar-refractivity contribution is 6.34. The second-order valence-electron chi connectivity index (χ2n) is 6.52. The predicted octanol–water partition coefficient (Wildman–Crippen LogP) is 3.67. The molecule has 1 aliphatic rings. The standard InChI is InChI=1S/C23H14FNO5/c24-19-11-4-3-10-18(19)20(26)13-30-23(29)14-6-5-7-15(12-14)25-21(27)16-8-1-2-9-17(16)22(25)28/h1-12H,13H2. The fourth-order valence-corrected chi connectivity index (χ4v) is 3.18. The van der Waals surface area contributed by atoms with Gasteiger partial charge in [-0.3, -0.25) is 14.4 Å². The summed E-state index contributed by atoms with van der Waals surface area (Å²) < 4.78 is 18.7. The number of carbonyl (C=O) groups excluding carboxylic acids is 4. The molecule has 0 atom stereocenters. The lowest BCUT2D eigenvalue weighted by molar-refractivity contribution is 0.0473. The van der Waals surface area contributed by atoms with Crippen LogP contribution in [0.2, 0.25) is 0 Å². The van der Waals surface area contributed by atoms with E-state index in [2.05, 4.69) is 0 Å². The molecule has 0 unspecified atom stereocenters. The lowest BCUT2D eigenvalue weighted by atomic mass is 10.1. The summed E-state index contributed by atoms with van der Waals surface area (Å²) >= 11 is 0. The number of benzene rings is 3. The van der Waals surface area contributed by atoms with E-state index in [4.69, 9.17) is 4.74 Å². The van der Waals surface area contributed by atoms with E-state index in [1.54, 1.807) is 24.3 Å². The minimum Gasteiger partial charge on any atom is -0.454 e. The van der Waals surface area contributed by atoms with E-state index in [9.17, 15) is 23.6 Å². The van der Waals surface area contributed by atoms with E-state index in [1.165, 1.54) is 42.5 Å². The minimum atomic E-state index is -0.835. The summed E-state index contributed by atoms with van der Waals surface area (Å²) in [4.78, 5) is 50.6. The van der Waals surface area contributed by atoms with Crippen molar-refractivity contribution in [2.45, 2.75) is 0 Å². The van der Waals surface area contributed by atoms with Crippen molar-refractivity contribution in [2.24, 2.45) is 0 Å². The van der Waals surface area contributed by atoms with Crippen molar-refractivity contribution in [2.75, 3.05) is 11.5 Å². The number of nitrogens with zero attached hydrogens (tertiary/aromatic N) is 1. The van der Waals surface area contributed by atoms with Crippen LogP contribution in [0.4, 0.5) is 10.1 Å². The van der Waals surface area contributed by atoms with Crippen molar-refractivity contribution in [3.8, 4) is 0 Å². The molecule has 0 saturated heterocycles. The summed E-state index contributed by atoms with van der Waals surface area (Å²) in [6.07, 6.45) is 0. The molecule has 0 aliphatic carbocycles. The van der Waals surface area contributed by atoms with Crippen LogP contribution in [-0.2, 0) is 4.74 Å². The van der Waals surface area contributed by atoms with Crippen molar-refractivity contribution in [3.63, 3.8) is 0 Å². The van der Waals surface area contributed by atoms with Gasteiger partial charge in [-0.2, -0.15) is 0 Å². The SMILES string of the molecule is O=C(OCC(=O)c1ccccc1F)c1cccc(N2C(=O)c3ccccc3C2=O)c1. The summed E-state index contributed by atoms with van der Waals surface area (Å²) in [5.74, 6) is -3.20. The van der Waals surface area contributed by atoms with Gasteiger partial charge < -0.3 is 4.74 Å². The molecular formula is C23H14FNO5. The van der Waals surface area contributed by atoms with Crippen LogP contribution in [0.1, 0.15) is 41.4 Å². The van der Waals surface area contributed by atoms with Gasteiger partial charge in [-0.15, -0.1) is 0 Å². The number of amides is 2. The Bertz CT molecular complexity index is 1170. The van der Waals surface area contributed by atoms with Crippen LogP contribution in [0.15, 0.2) is 72.8 Å². The molecule has 1 heterocycles. The zero-order valence-electron chi connectivity index (χ0n) is 15.5. The summed E-state index contributed by atoms with van der Waals surface area (Å²) in [6, 6.07) is 17.6. The van der Waals surface area contributed by atoms with Crippen LogP contribution >= 0.6 is 0 Å². The molecule has 4 rings (SSSR count). The van der Waals surface area contributed by atoms with Gasteiger partial charge in [0.1, 0.15) is 5.82 Å².